The number of thiazole rings is 1. The van der Waals surface area contributed by atoms with Crippen LogP contribution in [0.25, 0.3) is 21.1 Å². The highest BCUT2D eigenvalue weighted by Gasteiger charge is 2.13. The quantitative estimate of drug-likeness (QED) is 0.476. The number of carbonyl (C=O) groups excluding carboxylic acids is 1. The summed E-state index contributed by atoms with van der Waals surface area (Å²) in [6, 6.07) is 20.0. The van der Waals surface area contributed by atoms with Crippen LogP contribution < -0.4 is 0 Å². The van der Waals surface area contributed by atoms with Gasteiger partial charge in [-0.25, -0.2) is 9.97 Å². The first kappa shape index (κ1) is 17.0. The number of rotatable bonds is 5. The zero-order valence-corrected chi connectivity index (χ0v) is 15.9. The number of thioether (sulfide) groups is 1. The molecule has 0 saturated carbocycles. The van der Waals surface area contributed by atoms with Crippen LogP contribution in [0, 0.1) is 0 Å². The molecule has 1 amide bonds. The summed E-state index contributed by atoms with van der Waals surface area (Å²) < 4.78 is 1.15. The summed E-state index contributed by atoms with van der Waals surface area (Å²) in [4.78, 5) is 23.4. The first-order valence-electron chi connectivity index (χ1n) is 8.26. The molecule has 0 unspecified atom stereocenters. The third-order valence-electron chi connectivity index (χ3n) is 4.05. The molecule has 0 spiro atoms. The van der Waals surface area contributed by atoms with Gasteiger partial charge in [0.1, 0.15) is 5.01 Å². The van der Waals surface area contributed by atoms with E-state index in [1.165, 1.54) is 11.8 Å². The molecule has 0 N–H and O–H groups in total. The van der Waals surface area contributed by atoms with Gasteiger partial charge in [0.15, 0.2) is 0 Å². The van der Waals surface area contributed by atoms with Crippen molar-refractivity contribution in [2.24, 2.45) is 0 Å². The van der Waals surface area contributed by atoms with E-state index in [-0.39, 0.29) is 5.91 Å². The highest BCUT2D eigenvalue weighted by atomic mass is 32.2. The Morgan fingerprint density at radius 3 is 2.62 bits per heavy atom. The fraction of sp³-hybridized carbons (Fsp3) is 0.150. The molecule has 2 aromatic carbocycles. The van der Waals surface area contributed by atoms with Crippen molar-refractivity contribution in [1.82, 2.24) is 14.9 Å². The minimum absolute atomic E-state index is 0.0733. The van der Waals surface area contributed by atoms with Crippen molar-refractivity contribution in [2.45, 2.75) is 11.6 Å². The van der Waals surface area contributed by atoms with Gasteiger partial charge in [-0.05, 0) is 24.3 Å². The van der Waals surface area contributed by atoms with Gasteiger partial charge in [0.2, 0.25) is 5.91 Å². The molecule has 26 heavy (non-hydrogen) atoms. The predicted molar refractivity (Wildman–Crippen MR) is 109 cm³/mol. The minimum atomic E-state index is 0.0733. The molecule has 2 aromatic heterocycles. The molecule has 130 valence electrons. The summed E-state index contributed by atoms with van der Waals surface area (Å²) >= 11 is 3.10. The number of carbonyl (C=O) groups is 1. The van der Waals surface area contributed by atoms with Gasteiger partial charge in [0.25, 0.3) is 0 Å². The van der Waals surface area contributed by atoms with E-state index >= 15 is 0 Å². The smallest absolute Gasteiger partial charge is 0.233 e. The molecule has 4 nitrogen and oxygen atoms in total. The van der Waals surface area contributed by atoms with Crippen molar-refractivity contribution in [3.63, 3.8) is 0 Å². The van der Waals surface area contributed by atoms with Crippen molar-refractivity contribution < 1.29 is 4.79 Å². The molecule has 0 aliphatic carbocycles. The number of nitrogens with zero attached hydrogens (tertiary/aromatic N) is 3. The number of benzene rings is 2. The lowest BCUT2D eigenvalue weighted by molar-refractivity contribution is -0.127. The molecule has 2 heterocycles. The summed E-state index contributed by atoms with van der Waals surface area (Å²) in [6.07, 6.45) is 0. The Morgan fingerprint density at radius 1 is 1.00 bits per heavy atom. The van der Waals surface area contributed by atoms with E-state index in [1.54, 1.807) is 16.2 Å². The summed E-state index contributed by atoms with van der Waals surface area (Å²) in [6.45, 7) is 0.532. The number of hydrogen-bond donors (Lipinski definition) is 0. The van der Waals surface area contributed by atoms with Gasteiger partial charge in [0, 0.05) is 12.4 Å². The summed E-state index contributed by atoms with van der Waals surface area (Å²) in [5.74, 6) is 0.441. The number of hydrogen-bond acceptors (Lipinski definition) is 5. The Kier molecular flexibility index (Phi) is 4.86. The maximum absolute atomic E-state index is 12.5. The van der Waals surface area contributed by atoms with Crippen LogP contribution >= 0.6 is 23.1 Å². The standard InChI is InChI=1S/C20H17N3OS2/c1-23(12-19-22-16-8-4-5-9-17(16)26-19)20(24)13-25-18-11-10-14-6-2-3-7-15(14)21-18/h2-11H,12-13H2,1H3. The van der Waals surface area contributed by atoms with Gasteiger partial charge < -0.3 is 4.90 Å². The van der Waals surface area contributed by atoms with Crippen LogP contribution in [0.1, 0.15) is 5.01 Å². The fourth-order valence-electron chi connectivity index (χ4n) is 2.65. The summed E-state index contributed by atoms with van der Waals surface area (Å²) in [5, 5.41) is 2.93. The molecule has 0 aliphatic heterocycles. The number of pyridine rings is 1. The van der Waals surface area contributed by atoms with Crippen LogP contribution in [0.4, 0.5) is 0 Å². The molecule has 0 aliphatic rings. The van der Waals surface area contributed by atoms with Crippen molar-refractivity contribution >= 4 is 50.1 Å². The SMILES string of the molecule is CN(Cc1nc2ccccc2s1)C(=O)CSc1ccc2ccccc2n1. The molecule has 4 rings (SSSR count). The molecular formula is C20H17N3OS2. The lowest BCUT2D eigenvalue weighted by Gasteiger charge is -2.15. The second-order valence-electron chi connectivity index (χ2n) is 5.96. The zero-order chi connectivity index (χ0) is 17.9. The highest BCUT2D eigenvalue weighted by molar-refractivity contribution is 7.99. The molecule has 4 aromatic rings. The van der Waals surface area contributed by atoms with E-state index in [0.29, 0.717) is 12.3 Å². The monoisotopic (exact) mass is 379 g/mol. The summed E-state index contributed by atoms with van der Waals surface area (Å²) in [7, 11) is 1.82. The Morgan fingerprint density at radius 2 is 1.77 bits per heavy atom. The molecule has 0 fully saturated rings. The van der Waals surface area contributed by atoms with Crippen LogP contribution in [0.3, 0.4) is 0 Å². The number of aromatic nitrogens is 2. The van der Waals surface area contributed by atoms with E-state index < -0.39 is 0 Å². The fourth-order valence-corrected chi connectivity index (χ4v) is 4.49. The van der Waals surface area contributed by atoms with Gasteiger partial charge in [-0.15, -0.1) is 11.3 Å². The van der Waals surface area contributed by atoms with Gasteiger partial charge in [-0.1, -0.05) is 48.2 Å². The van der Waals surface area contributed by atoms with E-state index in [1.807, 2.05) is 61.6 Å². The van der Waals surface area contributed by atoms with Gasteiger partial charge >= 0.3 is 0 Å². The number of para-hydroxylation sites is 2. The minimum Gasteiger partial charge on any atom is -0.338 e. The van der Waals surface area contributed by atoms with E-state index in [4.69, 9.17) is 0 Å². The molecule has 0 atom stereocenters. The highest BCUT2D eigenvalue weighted by Crippen LogP contribution is 2.23. The maximum atomic E-state index is 12.5. The van der Waals surface area contributed by atoms with Crippen LogP contribution in [-0.4, -0.2) is 33.6 Å². The molecule has 6 heteroatoms. The van der Waals surface area contributed by atoms with Gasteiger partial charge in [-0.2, -0.15) is 0 Å². The lowest BCUT2D eigenvalue weighted by atomic mass is 10.2. The first-order valence-corrected chi connectivity index (χ1v) is 10.1. The van der Waals surface area contributed by atoms with Crippen molar-refractivity contribution in [3.05, 3.63) is 65.7 Å². The molecule has 0 saturated heterocycles. The van der Waals surface area contributed by atoms with E-state index in [0.717, 1.165) is 31.2 Å². The average molecular weight is 380 g/mol. The van der Waals surface area contributed by atoms with Crippen LogP contribution in [0.5, 0.6) is 0 Å². The van der Waals surface area contributed by atoms with Crippen LogP contribution in [0.2, 0.25) is 0 Å². The predicted octanol–water partition coefficient (Wildman–Crippen LogP) is 4.60. The third-order valence-corrected chi connectivity index (χ3v) is 5.99. The normalized spacial score (nSPS) is 11.1. The van der Waals surface area contributed by atoms with E-state index in [9.17, 15) is 4.79 Å². The van der Waals surface area contributed by atoms with Crippen LogP contribution in [0.15, 0.2) is 65.7 Å². The maximum Gasteiger partial charge on any atom is 0.233 e. The largest absolute Gasteiger partial charge is 0.338 e. The Hall–Kier alpha value is -2.44. The molecular weight excluding hydrogens is 362 g/mol. The van der Waals surface area contributed by atoms with E-state index in [2.05, 4.69) is 16.0 Å². The number of amides is 1. The zero-order valence-electron chi connectivity index (χ0n) is 14.3. The van der Waals surface area contributed by atoms with Crippen LogP contribution in [-0.2, 0) is 11.3 Å². The Balaban J connectivity index is 1.38. The van der Waals surface area contributed by atoms with Crippen molar-refractivity contribution in [2.75, 3.05) is 12.8 Å². The van der Waals surface area contributed by atoms with Gasteiger partial charge in [-0.3, -0.25) is 4.79 Å². The summed E-state index contributed by atoms with van der Waals surface area (Å²) in [5.41, 5.74) is 1.94. The topological polar surface area (TPSA) is 46.1 Å². The van der Waals surface area contributed by atoms with Crippen molar-refractivity contribution in [3.8, 4) is 0 Å². The number of fused-ring (bicyclic) bond motifs is 2. The second kappa shape index (κ2) is 7.43. The Labute approximate surface area is 159 Å². The second-order valence-corrected chi connectivity index (χ2v) is 8.07. The lowest BCUT2D eigenvalue weighted by Crippen LogP contribution is -2.27. The Bertz CT molecular complexity index is 1040. The average Bonchev–Trinajstić information content (AvgIpc) is 3.08. The third kappa shape index (κ3) is 3.71. The first-order chi connectivity index (χ1) is 12.7. The van der Waals surface area contributed by atoms with Gasteiger partial charge in [0.05, 0.1) is 33.1 Å². The molecule has 0 bridgehead atoms. The van der Waals surface area contributed by atoms with Crippen molar-refractivity contribution in [1.29, 1.82) is 0 Å². The molecule has 0 radical (unpaired) electrons.